The SMILES string of the molecule is CN=C(NCc1ccc(C)s1)NCC(O)c1ccc(Cl)s1.I. The second-order valence-electron chi connectivity index (χ2n) is 4.48. The average Bonchev–Trinajstić information content (AvgIpc) is 3.07. The molecule has 0 bridgehead atoms. The van der Waals surface area contributed by atoms with Crippen LogP contribution in [0.15, 0.2) is 29.3 Å². The molecule has 0 aliphatic heterocycles. The van der Waals surface area contributed by atoms with Crippen molar-refractivity contribution in [3.63, 3.8) is 0 Å². The number of aliphatic imine (C=N–C) groups is 1. The molecule has 0 amide bonds. The molecule has 1 unspecified atom stereocenters. The first kappa shape index (κ1) is 19.7. The molecule has 0 saturated carbocycles. The molecular weight excluding hydrogens is 453 g/mol. The van der Waals surface area contributed by atoms with Crippen LogP contribution in [-0.4, -0.2) is 24.7 Å². The fourth-order valence-electron chi connectivity index (χ4n) is 1.77. The summed E-state index contributed by atoms with van der Waals surface area (Å²) in [6, 6.07) is 7.83. The predicted octanol–water partition coefficient (Wildman–Crippen LogP) is 3.79. The summed E-state index contributed by atoms with van der Waals surface area (Å²) in [5.74, 6) is 0.669. The Labute approximate surface area is 160 Å². The molecule has 3 N–H and O–H groups in total. The summed E-state index contributed by atoms with van der Waals surface area (Å²) in [5, 5.41) is 16.4. The van der Waals surface area contributed by atoms with Crippen LogP contribution in [0.5, 0.6) is 0 Å². The predicted molar refractivity (Wildman–Crippen MR) is 107 cm³/mol. The number of nitrogens with one attached hydrogen (secondary N) is 2. The molecule has 122 valence electrons. The molecule has 0 aliphatic carbocycles. The van der Waals surface area contributed by atoms with Gasteiger partial charge in [0.05, 0.1) is 10.9 Å². The third kappa shape index (κ3) is 6.04. The maximum atomic E-state index is 10.1. The molecule has 1 atom stereocenters. The highest BCUT2D eigenvalue weighted by atomic mass is 127. The standard InChI is InChI=1S/C14H18ClN3OS2.HI/c1-9-3-4-10(20-9)7-17-14(16-2)18-8-11(19)12-5-6-13(15)21-12;/h3-6,11,19H,7-8H2,1-2H3,(H2,16,17,18);1H. The van der Waals surface area contributed by atoms with Crippen LogP contribution in [0.1, 0.15) is 20.7 Å². The zero-order valence-electron chi connectivity index (χ0n) is 12.3. The van der Waals surface area contributed by atoms with Gasteiger partial charge in [0.2, 0.25) is 0 Å². The molecular formula is C14H19ClIN3OS2. The zero-order chi connectivity index (χ0) is 15.2. The second kappa shape index (κ2) is 9.71. The Morgan fingerprint density at radius 1 is 1.27 bits per heavy atom. The summed E-state index contributed by atoms with van der Waals surface area (Å²) < 4.78 is 0.680. The lowest BCUT2D eigenvalue weighted by molar-refractivity contribution is 0.184. The van der Waals surface area contributed by atoms with E-state index in [1.807, 2.05) is 6.07 Å². The van der Waals surface area contributed by atoms with E-state index < -0.39 is 6.10 Å². The van der Waals surface area contributed by atoms with Crippen molar-refractivity contribution in [1.29, 1.82) is 0 Å². The summed E-state index contributed by atoms with van der Waals surface area (Å²) in [7, 11) is 1.71. The minimum Gasteiger partial charge on any atom is -0.386 e. The molecule has 2 rings (SSSR count). The van der Waals surface area contributed by atoms with Crippen LogP contribution in [0.2, 0.25) is 4.34 Å². The second-order valence-corrected chi connectivity index (χ2v) is 7.60. The summed E-state index contributed by atoms with van der Waals surface area (Å²) in [4.78, 5) is 7.53. The number of hydrogen-bond donors (Lipinski definition) is 3. The molecule has 0 aromatic carbocycles. The van der Waals surface area contributed by atoms with E-state index in [1.54, 1.807) is 24.5 Å². The van der Waals surface area contributed by atoms with Gasteiger partial charge in [-0.2, -0.15) is 0 Å². The number of guanidine groups is 1. The first-order valence-corrected chi connectivity index (χ1v) is 8.52. The lowest BCUT2D eigenvalue weighted by Gasteiger charge is -2.14. The highest BCUT2D eigenvalue weighted by molar-refractivity contribution is 14.0. The molecule has 4 nitrogen and oxygen atoms in total. The van der Waals surface area contributed by atoms with E-state index in [-0.39, 0.29) is 24.0 Å². The van der Waals surface area contributed by atoms with Crippen LogP contribution in [-0.2, 0) is 6.54 Å². The Balaban J connectivity index is 0.00000242. The van der Waals surface area contributed by atoms with Gasteiger partial charge in [0.15, 0.2) is 5.96 Å². The van der Waals surface area contributed by atoms with Crippen LogP contribution in [0.25, 0.3) is 0 Å². The summed E-state index contributed by atoms with van der Waals surface area (Å²) in [6.07, 6.45) is -0.593. The van der Waals surface area contributed by atoms with Crippen LogP contribution in [0, 0.1) is 6.92 Å². The third-order valence-electron chi connectivity index (χ3n) is 2.83. The number of rotatable bonds is 5. The van der Waals surface area contributed by atoms with Gasteiger partial charge < -0.3 is 15.7 Å². The number of aryl methyl sites for hydroxylation is 1. The van der Waals surface area contributed by atoms with Gasteiger partial charge in [-0.25, -0.2) is 0 Å². The Kier molecular flexibility index (Phi) is 8.70. The van der Waals surface area contributed by atoms with Crippen molar-refractivity contribution >= 4 is 64.2 Å². The number of nitrogens with zero attached hydrogens (tertiary/aromatic N) is 1. The zero-order valence-corrected chi connectivity index (χ0v) is 17.0. The van der Waals surface area contributed by atoms with Crippen molar-refractivity contribution in [2.24, 2.45) is 4.99 Å². The van der Waals surface area contributed by atoms with E-state index in [9.17, 15) is 5.11 Å². The van der Waals surface area contributed by atoms with E-state index in [1.165, 1.54) is 21.1 Å². The number of aliphatic hydroxyl groups excluding tert-OH is 1. The third-order valence-corrected chi connectivity index (χ3v) is 5.17. The van der Waals surface area contributed by atoms with Crippen LogP contribution < -0.4 is 10.6 Å². The molecule has 0 radical (unpaired) electrons. The Bertz CT molecular complexity index is 615. The number of halogens is 2. The van der Waals surface area contributed by atoms with Crippen LogP contribution in [0.3, 0.4) is 0 Å². The van der Waals surface area contributed by atoms with Crippen molar-refractivity contribution in [3.05, 3.63) is 43.2 Å². The quantitative estimate of drug-likeness (QED) is 0.353. The molecule has 2 aromatic rings. The Morgan fingerprint density at radius 2 is 2.05 bits per heavy atom. The monoisotopic (exact) mass is 471 g/mol. The van der Waals surface area contributed by atoms with Crippen LogP contribution >= 0.6 is 58.3 Å². The first-order chi connectivity index (χ1) is 10.1. The van der Waals surface area contributed by atoms with Gasteiger partial charge in [0, 0.05) is 28.2 Å². The fourth-order valence-corrected chi connectivity index (χ4v) is 3.65. The van der Waals surface area contributed by atoms with E-state index in [2.05, 4.69) is 34.7 Å². The average molecular weight is 472 g/mol. The lowest BCUT2D eigenvalue weighted by atomic mass is 10.3. The van der Waals surface area contributed by atoms with Gasteiger partial charge >= 0.3 is 0 Å². The normalized spacial score (nSPS) is 12.6. The largest absolute Gasteiger partial charge is 0.386 e. The number of hydrogen-bond acceptors (Lipinski definition) is 4. The van der Waals surface area contributed by atoms with Gasteiger partial charge in [-0.15, -0.1) is 46.7 Å². The van der Waals surface area contributed by atoms with Crippen LogP contribution in [0.4, 0.5) is 0 Å². The maximum Gasteiger partial charge on any atom is 0.191 e. The van der Waals surface area contributed by atoms with Gasteiger partial charge in [-0.3, -0.25) is 4.99 Å². The first-order valence-electron chi connectivity index (χ1n) is 6.51. The van der Waals surface area contributed by atoms with E-state index >= 15 is 0 Å². The van der Waals surface area contributed by atoms with Gasteiger partial charge in [0.25, 0.3) is 0 Å². The molecule has 2 heterocycles. The van der Waals surface area contributed by atoms with E-state index in [0.29, 0.717) is 16.8 Å². The van der Waals surface area contributed by atoms with Crippen molar-refractivity contribution in [3.8, 4) is 0 Å². The molecule has 22 heavy (non-hydrogen) atoms. The topological polar surface area (TPSA) is 56.7 Å². The molecule has 8 heteroatoms. The van der Waals surface area contributed by atoms with E-state index in [0.717, 1.165) is 11.4 Å². The Morgan fingerprint density at radius 3 is 2.59 bits per heavy atom. The minimum atomic E-state index is -0.593. The van der Waals surface area contributed by atoms with Gasteiger partial charge in [-0.1, -0.05) is 11.6 Å². The van der Waals surface area contributed by atoms with E-state index in [4.69, 9.17) is 11.6 Å². The summed E-state index contributed by atoms with van der Waals surface area (Å²) in [5.41, 5.74) is 0. The molecule has 0 spiro atoms. The molecule has 0 aliphatic rings. The van der Waals surface area contributed by atoms with Gasteiger partial charge in [-0.05, 0) is 31.2 Å². The summed E-state index contributed by atoms with van der Waals surface area (Å²) in [6.45, 7) is 3.20. The smallest absolute Gasteiger partial charge is 0.191 e. The Hall–Kier alpha value is -0.350. The van der Waals surface area contributed by atoms with Crippen molar-refractivity contribution in [2.45, 2.75) is 19.6 Å². The van der Waals surface area contributed by atoms with Gasteiger partial charge in [0.1, 0.15) is 6.10 Å². The van der Waals surface area contributed by atoms with Crippen molar-refractivity contribution < 1.29 is 5.11 Å². The highest BCUT2D eigenvalue weighted by Gasteiger charge is 2.11. The maximum absolute atomic E-state index is 10.1. The number of thiophene rings is 2. The van der Waals surface area contributed by atoms with Crippen molar-refractivity contribution in [1.82, 2.24) is 10.6 Å². The van der Waals surface area contributed by atoms with Crippen molar-refractivity contribution in [2.75, 3.05) is 13.6 Å². The highest BCUT2D eigenvalue weighted by Crippen LogP contribution is 2.26. The molecule has 0 saturated heterocycles. The number of aliphatic hydroxyl groups is 1. The summed E-state index contributed by atoms with van der Waals surface area (Å²) >= 11 is 9.01. The fraction of sp³-hybridized carbons (Fsp3) is 0.357. The minimum absolute atomic E-state index is 0. The lowest BCUT2D eigenvalue weighted by Crippen LogP contribution is -2.38. The molecule has 0 fully saturated rings. The molecule has 2 aromatic heterocycles.